The average Bonchev–Trinajstić information content (AvgIpc) is 2.15. The zero-order valence-corrected chi connectivity index (χ0v) is 4.68. The Hall–Kier alpha value is -1.79. The van der Waals surface area contributed by atoms with E-state index in [0.717, 1.165) is 0 Å². The molecule has 0 aliphatic heterocycles. The number of nitrogens with one attached hydrogen (secondary N) is 1. The van der Waals surface area contributed by atoms with Gasteiger partial charge in [0.2, 0.25) is 0 Å². The zero-order chi connectivity index (χ0) is 7.98. The van der Waals surface area contributed by atoms with Crippen LogP contribution in [-0.2, 0) is 0 Å². The summed E-state index contributed by atoms with van der Waals surface area (Å²) in [5, 5.41) is 13.6. The largest absolute Gasteiger partial charge is 0.417 e. The van der Waals surface area contributed by atoms with Gasteiger partial charge in [-0.05, 0) is 0 Å². The number of rotatable bonds is 0. The second-order valence-corrected chi connectivity index (χ2v) is 1.09. The third kappa shape index (κ3) is 6.21. The Balaban J connectivity index is 0.000000180. The molecule has 0 aromatic carbocycles. The highest BCUT2D eigenvalue weighted by molar-refractivity contribution is 4.58. The van der Waals surface area contributed by atoms with E-state index in [0.29, 0.717) is 0 Å². The highest BCUT2D eigenvalue weighted by Crippen LogP contribution is 1.62. The molecule has 1 rings (SSSR count). The molecule has 0 spiro atoms. The van der Waals surface area contributed by atoms with Gasteiger partial charge in [0.15, 0.2) is 0 Å². The molecule has 0 bridgehead atoms. The SMILES string of the molecule is O=[N+]([O-])O.O=c1[nH]cco1. The van der Waals surface area contributed by atoms with E-state index in [-0.39, 0.29) is 0 Å². The van der Waals surface area contributed by atoms with Gasteiger partial charge in [-0.1, -0.05) is 0 Å². The molecular formula is C3H4N2O5. The molecule has 0 unspecified atom stereocenters. The quantitative estimate of drug-likeness (QED) is 0.385. The smallest absolute Gasteiger partial charge is 0.416 e. The zero-order valence-electron chi connectivity index (χ0n) is 4.68. The van der Waals surface area contributed by atoms with Crippen LogP contribution in [0.3, 0.4) is 0 Å². The van der Waals surface area contributed by atoms with Gasteiger partial charge in [-0.2, -0.15) is 0 Å². The summed E-state index contributed by atoms with van der Waals surface area (Å²) in [5.74, 6) is -0.407. The lowest BCUT2D eigenvalue weighted by Gasteiger charge is -1.56. The maximum absolute atomic E-state index is 9.85. The fourth-order valence-electron chi connectivity index (χ4n) is 0.232. The van der Waals surface area contributed by atoms with Crippen molar-refractivity contribution in [1.82, 2.24) is 4.98 Å². The minimum atomic E-state index is -1.50. The first kappa shape index (κ1) is 8.21. The Labute approximate surface area is 54.0 Å². The van der Waals surface area contributed by atoms with E-state index < -0.39 is 10.8 Å². The van der Waals surface area contributed by atoms with Gasteiger partial charge in [0.05, 0.1) is 0 Å². The molecule has 0 atom stereocenters. The van der Waals surface area contributed by atoms with Crippen LogP contribution >= 0.6 is 0 Å². The lowest BCUT2D eigenvalue weighted by Crippen LogP contribution is -1.91. The lowest BCUT2D eigenvalue weighted by atomic mass is 11.0. The van der Waals surface area contributed by atoms with Crippen LogP contribution in [-0.4, -0.2) is 15.3 Å². The third-order valence-corrected chi connectivity index (χ3v) is 0.444. The number of nitrogens with zero attached hydrogens (tertiary/aromatic N) is 1. The molecule has 56 valence electrons. The average molecular weight is 148 g/mol. The van der Waals surface area contributed by atoms with E-state index in [1.165, 1.54) is 12.5 Å². The van der Waals surface area contributed by atoms with Crippen molar-refractivity contribution in [3.63, 3.8) is 0 Å². The van der Waals surface area contributed by atoms with Crippen molar-refractivity contribution in [3.8, 4) is 0 Å². The normalized spacial score (nSPS) is 7.60. The van der Waals surface area contributed by atoms with E-state index in [2.05, 4.69) is 9.40 Å². The van der Waals surface area contributed by atoms with E-state index >= 15 is 0 Å². The second kappa shape index (κ2) is 4.13. The van der Waals surface area contributed by atoms with Gasteiger partial charge in [0, 0.05) is 6.20 Å². The van der Waals surface area contributed by atoms with Crippen LogP contribution in [0.2, 0.25) is 0 Å². The number of hydrogen-bond acceptors (Lipinski definition) is 4. The summed E-state index contributed by atoms with van der Waals surface area (Å²) < 4.78 is 4.22. The molecule has 1 aromatic heterocycles. The summed E-state index contributed by atoms with van der Waals surface area (Å²) in [6.45, 7) is 0. The molecule has 1 heterocycles. The fourth-order valence-corrected chi connectivity index (χ4v) is 0.232. The fraction of sp³-hybridized carbons (Fsp3) is 0. The highest BCUT2D eigenvalue weighted by Gasteiger charge is 1.72. The molecule has 7 nitrogen and oxygen atoms in total. The molecule has 0 saturated heterocycles. The van der Waals surface area contributed by atoms with Crippen LogP contribution < -0.4 is 5.76 Å². The lowest BCUT2D eigenvalue weighted by molar-refractivity contribution is -0.742. The van der Waals surface area contributed by atoms with Gasteiger partial charge in [0.1, 0.15) is 6.26 Å². The number of hydrogen-bond donors (Lipinski definition) is 2. The third-order valence-electron chi connectivity index (χ3n) is 0.444. The Kier molecular flexibility index (Phi) is 3.39. The number of oxazole rings is 1. The van der Waals surface area contributed by atoms with Gasteiger partial charge in [-0.3, -0.25) is 4.98 Å². The number of aromatic amines is 1. The van der Waals surface area contributed by atoms with Crippen molar-refractivity contribution >= 4 is 0 Å². The maximum Gasteiger partial charge on any atom is 0.416 e. The van der Waals surface area contributed by atoms with Crippen molar-refractivity contribution in [2.24, 2.45) is 0 Å². The minimum Gasteiger partial charge on any atom is -0.417 e. The van der Waals surface area contributed by atoms with E-state index in [1.54, 1.807) is 0 Å². The van der Waals surface area contributed by atoms with Crippen molar-refractivity contribution in [2.45, 2.75) is 0 Å². The molecule has 2 N–H and O–H groups in total. The molecule has 0 aliphatic rings. The number of H-pyrrole nitrogens is 1. The van der Waals surface area contributed by atoms with Crippen LogP contribution in [0.5, 0.6) is 0 Å². The Morgan fingerprint density at radius 3 is 2.40 bits per heavy atom. The molecule has 1 aromatic rings. The minimum absolute atomic E-state index is 0.407. The van der Waals surface area contributed by atoms with Crippen LogP contribution in [0.25, 0.3) is 0 Å². The van der Waals surface area contributed by atoms with E-state index in [4.69, 9.17) is 15.3 Å². The van der Waals surface area contributed by atoms with E-state index in [9.17, 15) is 4.79 Å². The highest BCUT2D eigenvalue weighted by atomic mass is 16.9. The van der Waals surface area contributed by atoms with Crippen molar-refractivity contribution < 1.29 is 14.7 Å². The Morgan fingerprint density at radius 1 is 1.80 bits per heavy atom. The van der Waals surface area contributed by atoms with Crippen LogP contribution in [0, 0.1) is 10.1 Å². The summed E-state index contributed by atoms with van der Waals surface area (Å²) in [7, 11) is 0. The molecule has 0 radical (unpaired) electrons. The summed E-state index contributed by atoms with van der Waals surface area (Å²) in [4.78, 5) is 20.5. The summed E-state index contributed by atoms with van der Waals surface area (Å²) in [5.41, 5.74) is 0. The van der Waals surface area contributed by atoms with Crippen LogP contribution in [0.4, 0.5) is 0 Å². The second-order valence-electron chi connectivity index (χ2n) is 1.09. The molecule has 0 saturated carbocycles. The molecule has 7 heteroatoms. The molecule has 0 amide bonds. The van der Waals surface area contributed by atoms with Gasteiger partial charge >= 0.3 is 5.76 Å². The molecular weight excluding hydrogens is 144 g/mol. The van der Waals surface area contributed by atoms with Crippen LogP contribution in [0.1, 0.15) is 0 Å². The van der Waals surface area contributed by atoms with E-state index in [1.807, 2.05) is 0 Å². The van der Waals surface area contributed by atoms with Gasteiger partial charge < -0.3 is 9.62 Å². The van der Waals surface area contributed by atoms with Gasteiger partial charge in [-0.25, -0.2) is 4.79 Å². The van der Waals surface area contributed by atoms with Crippen molar-refractivity contribution in [3.05, 3.63) is 33.1 Å². The molecule has 0 fully saturated rings. The Morgan fingerprint density at radius 2 is 2.30 bits per heavy atom. The summed E-state index contributed by atoms with van der Waals surface area (Å²) in [6, 6.07) is 0. The van der Waals surface area contributed by atoms with Gasteiger partial charge in [0.25, 0.3) is 5.09 Å². The predicted molar refractivity (Wildman–Crippen MR) is 28.1 cm³/mol. The molecule has 10 heavy (non-hydrogen) atoms. The topological polar surface area (TPSA) is 109 Å². The summed E-state index contributed by atoms with van der Waals surface area (Å²) in [6.07, 6.45) is 2.73. The Bertz CT molecular complexity index is 216. The first-order valence-electron chi connectivity index (χ1n) is 2.08. The van der Waals surface area contributed by atoms with Crippen LogP contribution in [0.15, 0.2) is 21.7 Å². The predicted octanol–water partition coefficient (Wildman–Crippen LogP) is -0.380. The molecule has 0 aliphatic carbocycles. The number of aromatic nitrogens is 1. The first-order chi connectivity index (χ1) is 4.63. The maximum atomic E-state index is 9.85. The summed E-state index contributed by atoms with van der Waals surface area (Å²) >= 11 is 0. The first-order valence-corrected chi connectivity index (χ1v) is 2.08. The van der Waals surface area contributed by atoms with Gasteiger partial charge in [-0.15, -0.1) is 10.1 Å². The van der Waals surface area contributed by atoms with Crippen molar-refractivity contribution in [2.75, 3.05) is 0 Å². The monoisotopic (exact) mass is 148 g/mol. The standard InChI is InChI=1S/C3H3NO2.HNO3/c5-3-4-1-2-6-3;2-1(3)4/h1-2H,(H,4,5);(H,2,3,4). The van der Waals surface area contributed by atoms with Crippen molar-refractivity contribution in [1.29, 1.82) is 0 Å².